The van der Waals surface area contributed by atoms with Crippen LogP contribution < -0.4 is 20.7 Å². The summed E-state index contributed by atoms with van der Waals surface area (Å²) in [5.41, 5.74) is 7.32. The van der Waals surface area contributed by atoms with Crippen LogP contribution >= 0.6 is 11.6 Å². The number of nitriles is 1. The molecule has 5 heterocycles. The Hall–Kier alpha value is -3.00. The van der Waals surface area contributed by atoms with E-state index in [2.05, 4.69) is 21.3 Å². The fourth-order valence-corrected chi connectivity index (χ4v) is 8.83. The molecule has 3 fully saturated rings. The number of halogens is 3. The quantitative estimate of drug-likeness (QED) is 0.314. The number of hydrogen-bond donors (Lipinski definition) is 2. The first-order chi connectivity index (χ1) is 19.8. The second-order valence-corrected chi connectivity index (χ2v) is 13.9. The molecule has 3 aliphatic heterocycles. The molecule has 7 rings (SSSR count). The number of nitrogens with one attached hydrogen (secondary N) is 1. The van der Waals surface area contributed by atoms with Crippen LogP contribution in [0.5, 0.6) is 6.01 Å². The number of benzene rings is 2. The second-order valence-electron chi connectivity index (χ2n) is 11.2. The van der Waals surface area contributed by atoms with E-state index in [1.165, 1.54) is 0 Å². The van der Waals surface area contributed by atoms with Crippen molar-refractivity contribution in [1.82, 2.24) is 20.2 Å². The van der Waals surface area contributed by atoms with Crippen LogP contribution in [0.15, 0.2) is 24.3 Å². The fraction of sp³-hybridized carbons (Fsp3) is 0.414. The molecule has 3 N–H and O–H groups in total. The molecule has 2 aromatic heterocycles. The molecule has 3 saturated heterocycles. The molecule has 0 unspecified atom stereocenters. The third kappa shape index (κ3) is 4.62. The van der Waals surface area contributed by atoms with Gasteiger partial charge in [-0.1, -0.05) is 0 Å². The number of likely N-dealkylation sites (tertiary alicyclic amines) is 1. The Morgan fingerprint density at radius 1 is 1.24 bits per heavy atom. The molecule has 4 atom stereocenters. The van der Waals surface area contributed by atoms with Crippen molar-refractivity contribution >= 4 is 57.0 Å². The number of piperazine rings is 1. The summed E-state index contributed by atoms with van der Waals surface area (Å²) in [6.07, 6.45) is 1.61. The number of nitrogen functional groups attached to an aromatic ring is 1. The Morgan fingerprint density at radius 3 is 2.73 bits per heavy atom. The summed E-state index contributed by atoms with van der Waals surface area (Å²) in [5, 5.41) is 14.8. The summed E-state index contributed by atoms with van der Waals surface area (Å²) in [5.74, 6) is -0.0352. The van der Waals surface area contributed by atoms with E-state index >= 15 is 4.39 Å². The molecule has 12 heteroatoms. The van der Waals surface area contributed by atoms with Crippen molar-refractivity contribution in [3.8, 4) is 23.2 Å². The van der Waals surface area contributed by atoms with Gasteiger partial charge in [-0.2, -0.15) is 0 Å². The average molecular weight is 643 g/mol. The predicted octanol–water partition coefficient (Wildman–Crippen LogP) is 4.11. The van der Waals surface area contributed by atoms with E-state index in [1.54, 1.807) is 12.1 Å². The molecule has 0 radical (unpaired) electrons. The standard InChI is InChI=1S/C29H28ClF2N7OSe/c1-38-10-14(31)7-17(38)13-40-29-36-26-19(28(37-29)39-11-15-5-6-16(12-39)35-15)8-21(30)24(25(26)32)18-3-2-4-22-23(18)20(9-33)27(34)41-22/h2-4,8,14-17,35H,5-7,10-13,34H2,1H3/t14-,15-,16+,17-/m1/s1. The molecule has 0 amide bonds. The van der Waals surface area contributed by atoms with E-state index in [1.807, 2.05) is 24.1 Å². The number of alkyl halides is 1. The van der Waals surface area contributed by atoms with Gasteiger partial charge >= 0.3 is 223 Å². The summed E-state index contributed by atoms with van der Waals surface area (Å²) < 4.78 is 38.2. The Labute approximate surface area is 246 Å². The zero-order valence-electron chi connectivity index (χ0n) is 22.3. The normalized spacial score (nSPS) is 24.4. The fourth-order valence-electron chi connectivity index (χ4n) is 6.55. The number of ether oxygens (including phenoxy) is 1. The molecule has 212 valence electrons. The van der Waals surface area contributed by atoms with Gasteiger partial charge in [0.2, 0.25) is 0 Å². The van der Waals surface area contributed by atoms with Crippen molar-refractivity contribution in [1.29, 1.82) is 5.26 Å². The van der Waals surface area contributed by atoms with Crippen molar-refractivity contribution in [2.75, 3.05) is 43.9 Å². The Balaban J connectivity index is 1.38. The topological polar surface area (TPSA) is 103 Å². The van der Waals surface area contributed by atoms with Crippen molar-refractivity contribution in [3.63, 3.8) is 0 Å². The van der Waals surface area contributed by atoms with E-state index in [-0.39, 0.29) is 49.3 Å². The first-order valence-corrected chi connectivity index (χ1v) is 15.8. The van der Waals surface area contributed by atoms with E-state index in [4.69, 9.17) is 27.1 Å². The van der Waals surface area contributed by atoms with Crippen LogP contribution in [0, 0.1) is 17.1 Å². The van der Waals surface area contributed by atoms with Gasteiger partial charge in [-0.15, -0.1) is 0 Å². The van der Waals surface area contributed by atoms with Crippen molar-refractivity contribution in [3.05, 3.63) is 40.7 Å². The third-order valence-electron chi connectivity index (χ3n) is 8.52. The van der Waals surface area contributed by atoms with Gasteiger partial charge in [-0.3, -0.25) is 0 Å². The monoisotopic (exact) mass is 643 g/mol. The molecular weight excluding hydrogens is 615 g/mol. The van der Waals surface area contributed by atoms with Crippen LogP contribution in [0.4, 0.5) is 19.2 Å². The molecule has 41 heavy (non-hydrogen) atoms. The van der Waals surface area contributed by atoms with Crippen molar-refractivity contribution < 1.29 is 13.5 Å². The van der Waals surface area contributed by atoms with Crippen LogP contribution in [0.1, 0.15) is 24.8 Å². The van der Waals surface area contributed by atoms with Gasteiger partial charge in [-0.25, -0.2) is 4.39 Å². The first kappa shape index (κ1) is 26.9. The number of rotatable bonds is 5. The van der Waals surface area contributed by atoms with Gasteiger partial charge in [0.1, 0.15) is 6.17 Å². The van der Waals surface area contributed by atoms with E-state index < -0.39 is 12.0 Å². The molecule has 2 bridgehead atoms. The molecule has 3 aliphatic rings. The Bertz CT molecular complexity index is 1710. The van der Waals surface area contributed by atoms with Crippen molar-refractivity contribution in [2.45, 2.75) is 43.6 Å². The molecule has 2 aromatic carbocycles. The number of anilines is 2. The van der Waals surface area contributed by atoms with Crippen LogP contribution in [-0.2, 0) is 0 Å². The van der Waals surface area contributed by atoms with E-state index in [0.717, 1.165) is 30.2 Å². The SMILES string of the molecule is CN1C[C@H](F)C[C@@H]1COc1nc(N2C[C@H]3CC[C@@H](C2)N3)c2cc(Cl)c(-c3cccc4[se]c(N)c(C#N)c34)c(F)c2n1. The van der Waals surface area contributed by atoms with Gasteiger partial charge in [0, 0.05) is 6.54 Å². The van der Waals surface area contributed by atoms with Crippen LogP contribution in [0.25, 0.3) is 31.7 Å². The summed E-state index contributed by atoms with van der Waals surface area (Å²) >= 11 is 6.62. The zero-order valence-corrected chi connectivity index (χ0v) is 24.8. The molecular formula is C29H28ClF2N7OSe. The maximum atomic E-state index is 16.7. The number of nitrogens with zero attached hydrogens (tertiary/aromatic N) is 5. The average Bonchev–Trinajstić information content (AvgIpc) is 3.58. The number of hydrogen-bond acceptors (Lipinski definition) is 8. The third-order valence-corrected chi connectivity index (χ3v) is 10.9. The van der Waals surface area contributed by atoms with E-state index in [0.29, 0.717) is 57.3 Å². The van der Waals surface area contributed by atoms with Gasteiger partial charge in [0.05, 0.1) is 0 Å². The molecule has 0 saturated carbocycles. The molecule has 0 spiro atoms. The predicted molar refractivity (Wildman–Crippen MR) is 157 cm³/mol. The Morgan fingerprint density at radius 2 is 2.02 bits per heavy atom. The number of nitrogens with two attached hydrogens (primary N) is 1. The van der Waals surface area contributed by atoms with Crippen LogP contribution in [-0.4, -0.2) is 87.0 Å². The van der Waals surface area contributed by atoms with Gasteiger partial charge < -0.3 is 0 Å². The number of aromatic nitrogens is 2. The summed E-state index contributed by atoms with van der Waals surface area (Å²) in [7, 11) is 1.86. The second kappa shape index (κ2) is 10.4. The van der Waals surface area contributed by atoms with Crippen LogP contribution in [0.3, 0.4) is 0 Å². The summed E-state index contributed by atoms with van der Waals surface area (Å²) in [6, 6.07) is 9.99. The summed E-state index contributed by atoms with van der Waals surface area (Å²) in [4.78, 5) is 13.4. The minimum absolute atomic E-state index is 0.0461. The minimum atomic E-state index is -0.907. The molecule has 4 aromatic rings. The van der Waals surface area contributed by atoms with Gasteiger partial charge in [0.15, 0.2) is 0 Å². The van der Waals surface area contributed by atoms with Crippen molar-refractivity contribution in [2.24, 2.45) is 0 Å². The Kier molecular flexibility index (Phi) is 6.80. The maximum absolute atomic E-state index is 16.7. The molecule has 0 aliphatic carbocycles. The zero-order chi connectivity index (χ0) is 28.4. The number of likely N-dealkylation sites (N-methyl/N-ethyl adjacent to an activating group) is 1. The van der Waals surface area contributed by atoms with E-state index in [9.17, 15) is 9.65 Å². The van der Waals surface area contributed by atoms with Gasteiger partial charge in [-0.05, 0) is 7.05 Å². The number of fused-ring (bicyclic) bond motifs is 4. The summed E-state index contributed by atoms with van der Waals surface area (Å²) in [6.45, 7) is 1.99. The molecule has 8 nitrogen and oxygen atoms in total. The first-order valence-electron chi connectivity index (χ1n) is 13.7. The van der Waals surface area contributed by atoms with Gasteiger partial charge in [0.25, 0.3) is 0 Å². The van der Waals surface area contributed by atoms with Crippen LogP contribution in [0.2, 0.25) is 5.02 Å².